The van der Waals surface area contributed by atoms with Crippen LogP contribution in [0, 0.1) is 5.82 Å². The van der Waals surface area contributed by atoms with Gasteiger partial charge < -0.3 is 18.7 Å². The minimum Gasteiger partial charge on any atom is -0.383 e. The number of ether oxygens (including phenoxy) is 1. The molecule has 0 atom stereocenters. The number of methoxy groups -OCH3 is 1. The minimum absolute atomic E-state index is 0.0128. The summed E-state index contributed by atoms with van der Waals surface area (Å²) >= 11 is 0. The number of hydrogen-bond acceptors (Lipinski definition) is 5. The number of amides is 1. The van der Waals surface area contributed by atoms with Crippen LogP contribution in [0.1, 0.15) is 34.8 Å². The van der Waals surface area contributed by atoms with Crippen molar-refractivity contribution < 1.29 is 18.4 Å². The maximum Gasteiger partial charge on any atom is 0.253 e. The fraction of sp³-hybridized carbons (Fsp3) is 0.348. The van der Waals surface area contributed by atoms with Gasteiger partial charge in [-0.15, -0.1) is 0 Å². The Labute approximate surface area is 178 Å². The quantitative estimate of drug-likeness (QED) is 0.486. The Kier molecular flexibility index (Phi) is 5.15. The molecular formula is C23H23FN4O3. The molecule has 0 N–H and O–H groups in total. The van der Waals surface area contributed by atoms with Crippen molar-refractivity contribution in [1.29, 1.82) is 0 Å². The van der Waals surface area contributed by atoms with Crippen molar-refractivity contribution in [3.05, 3.63) is 59.8 Å². The third-order valence-electron chi connectivity index (χ3n) is 6.04. The summed E-state index contributed by atoms with van der Waals surface area (Å²) in [5, 5.41) is 5.03. The van der Waals surface area contributed by atoms with Crippen LogP contribution in [0.2, 0.25) is 0 Å². The van der Waals surface area contributed by atoms with Crippen LogP contribution in [0.5, 0.6) is 0 Å². The van der Waals surface area contributed by atoms with Gasteiger partial charge in [0.2, 0.25) is 0 Å². The predicted molar refractivity (Wildman–Crippen MR) is 113 cm³/mol. The zero-order valence-corrected chi connectivity index (χ0v) is 17.3. The summed E-state index contributed by atoms with van der Waals surface area (Å²) < 4.78 is 25.9. The van der Waals surface area contributed by atoms with Gasteiger partial charge in [-0.3, -0.25) is 4.79 Å². The predicted octanol–water partition coefficient (Wildman–Crippen LogP) is 3.98. The van der Waals surface area contributed by atoms with E-state index < -0.39 is 0 Å². The zero-order valence-electron chi connectivity index (χ0n) is 17.3. The normalized spacial score (nSPS) is 15.2. The number of rotatable bonds is 5. The first-order valence-corrected chi connectivity index (χ1v) is 10.4. The molecule has 1 amide bonds. The average Bonchev–Trinajstić information content (AvgIpc) is 3.40. The summed E-state index contributed by atoms with van der Waals surface area (Å²) in [4.78, 5) is 19.4. The van der Waals surface area contributed by atoms with Gasteiger partial charge in [0.25, 0.3) is 5.91 Å². The Balaban J connectivity index is 1.28. The van der Waals surface area contributed by atoms with E-state index in [4.69, 9.17) is 9.26 Å². The Morgan fingerprint density at radius 1 is 1.23 bits per heavy atom. The number of benzene rings is 2. The van der Waals surface area contributed by atoms with E-state index in [1.165, 1.54) is 12.1 Å². The van der Waals surface area contributed by atoms with Crippen LogP contribution in [0.25, 0.3) is 22.0 Å². The van der Waals surface area contributed by atoms with Crippen molar-refractivity contribution >= 4 is 27.9 Å². The Morgan fingerprint density at radius 3 is 2.87 bits per heavy atom. The van der Waals surface area contributed by atoms with Crippen molar-refractivity contribution in [3.8, 4) is 0 Å². The number of aromatic nitrogens is 3. The van der Waals surface area contributed by atoms with Crippen molar-refractivity contribution in [2.24, 2.45) is 0 Å². The molecule has 3 heterocycles. The summed E-state index contributed by atoms with van der Waals surface area (Å²) in [6.07, 6.45) is 3.36. The van der Waals surface area contributed by atoms with Crippen molar-refractivity contribution in [1.82, 2.24) is 19.6 Å². The molecule has 1 aliphatic rings. The molecule has 2 aromatic heterocycles. The average molecular weight is 422 g/mol. The molecule has 31 heavy (non-hydrogen) atoms. The molecule has 160 valence electrons. The fourth-order valence-electron chi connectivity index (χ4n) is 4.33. The second-order valence-corrected chi connectivity index (χ2v) is 7.91. The van der Waals surface area contributed by atoms with Crippen molar-refractivity contribution in [3.63, 3.8) is 0 Å². The smallest absolute Gasteiger partial charge is 0.253 e. The Morgan fingerprint density at radius 2 is 2.06 bits per heavy atom. The molecule has 5 rings (SSSR count). The number of nitrogens with zero attached hydrogens (tertiary/aromatic N) is 4. The van der Waals surface area contributed by atoms with E-state index in [0.29, 0.717) is 30.8 Å². The van der Waals surface area contributed by atoms with Gasteiger partial charge in [-0.05, 0) is 43.2 Å². The van der Waals surface area contributed by atoms with Crippen LogP contribution in [0.15, 0.2) is 47.2 Å². The van der Waals surface area contributed by atoms with E-state index in [1.807, 2.05) is 27.7 Å². The molecule has 4 aromatic rings. The number of carbonyl (C=O) groups excluding carboxylic acids is 1. The molecule has 0 spiro atoms. The number of imidazole rings is 1. The largest absolute Gasteiger partial charge is 0.383 e. The lowest BCUT2D eigenvalue weighted by atomic mass is 9.91. The number of piperidine rings is 1. The standard InChI is InChI=1S/C23H23FN4O3/c1-30-11-10-28-14-25-19-12-16(2-5-20(19)28)23(29)27-8-6-15(7-9-27)22-18-4-3-17(24)13-21(18)31-26-22/h2-5,12-15H,6-11H2,1H3. The molecule has 1 saturated heterocycles. The Hall–Kier alpha value is -3.26. The van der Waals surface area contributed by atoms with Gasteiger partial charge in [0.05, 0.1) is 29.7 Å². The maximum absolute atomic E-state index is 13.4. The lowest BCUT2D eigenvalue weighted by Crippen LogP contribution is -2.38. The van der Waals surface area contributed by atoms with Gasteiger partial charge >= 0.3 is 0 Å². The third kappa shape index (κ3) is 3.67. The highest BCUT2D eigenvalue weighted by Crippen LogP contribution is 2.33. The molecule has 0 radical (unpaired) electrons. The molecule has 1 fully saturated rings. The SMILES string of the molecule is COCCn1cnc2cc(C(=O)N3CCC(c4noc5cc(F)ccc45)CC3)ccc21. The van der Waals surface area contributed by atoms with E-state index in [0.717, 1.165) is 41.5 Å². The van der Waals surface area contributed by atoms with Gasteiger partial charge in [0.1, 0.15) is 5.82 Å². The van der Waals surface area contributed by atoms with Gasteiger partial charge in [-0.25, -0.2) is 9.37 Å². The van der Waals surface area contributed by atoms with E-state index >= 15 is 0 Å². The van der Waals surface area contributed by atoms with Crippen molar-refractivity contribution in [2.45, 2.75) is 25.3 Å². The van der Waals surface area contributed by atoms with Crippen LogP contribution < -0.4 is 0 Å². The molecule has 0 unspecified atom stereocenters. The number of likely N-dealkylation sites (tertiary alicyclic amines) is 1. The van der Waals surface area contributed by atoms with E-state index in [2.05, 4.69) is 10.1 Å². The molecule has 2 aromatic carbocycles. The highest BCUT2D eigenvalue weighted by Gasteiger charge is 2.28. The zero-order chi connectivity index (χ0) is 21.4. The van der Waals surface area contributed by atoms with Crippen LogP contribution in [-0.4, -0.2) is 52.3 Å². The molecule has 0 bridgehead atoms. The monoisotopic (exact) mass is 422 g/mol. The number of halogens is 1. The molecule has 1 aliphatic heterocycles. The minimum atomic E-state index is -0.337. The van der Waals surface area contributed by atoms with E-state index in [9.17, 15) is 9.18 Å². The van der Waals surface area contributed by atoms with E-state index in [-0.39, 0.29) is 17.6 Å². The maximum atomic E-state index is 13.4. The van der Waals surface area contributed by atoms with Gasteiger partial charge in [-0.2, -0.15) is 0 Å². The second kappa shape index (κ2) is 8.11. The molecule has 8 heteroatoms. The van der Waals surface area contributed by atoms with Crippen molar-refractivity contribution in [2.75, 3.05) is 26.8 Å². The molecular weight excluding hydrogens is 399 g/mol. The number of fused-ring (bicyclic) bond motifs is 2. The molecule has 0 saturated carbocycles. The topological polar surface area (TPSA) is 73.4 Å². The lowest BCUT2D eigenvalue weighted by Gasteiger charge is -2.31. The third-order valence-corrected chi connectivity index (χ3v) is 6.04. The van der Waals surface area contributed by atoms with E-state index in [1.54, 1.807) is 19.5 Å². The Bertz CT molecular complexity index is 1240. The van der Waals surface area contributed by atoms with Gasteiger partial charge in [0, 0.05) is 49.7 Å². The highest BCUT2D eigenvalue weighted by molar-refractivity contribution is 5.97. The lowest BCUT2D eigenvalue weighted by molar-refractivity contribution is 0.0712. The first kappa shape index (κ1) is 19.7. The number of carbonyl (C=O) groups is 1. The summed E-state index contributed by atoms with van der Waals surface area (Å²) in [5.74, 6) is -0.135. The summed E-state index contributed by atoms with van der Waals surface area (Å²) in [5.41, 5.74) is 3.75. The van der Waals surface area contributed by atoms with Crippen LogP contribution in [-0.2, 0) is 11.3 Å². The van der Waals surface area contributed by atoms with Crippen LogP contribution in [0.3, 0.4) is 0 Å². The molecule has 0 aliphatic carbocycles. The summed E-state index contributed by atoms with van der Waals surface area (Å²) in [7, 11) is 1.67. The number of hydrogen-bond donors (Lipinski definition) is 0. The van der Waals surface area contributed by atoms with Gasteiger partial charge in [-0.1, -0.05) is 5.16 Å². The first-order chi connectivity index (χ1) is 15.1. The van der Waals surface area contributed by atoms with Crippen LogP contribution in [0.4, 0.5) is 4.39 Å². The summed E-state index contributed by atoms with van der Waals surface area (Å²) in [6.45, 7) is 2.60. The van der Waals surface area contributed by atoms with Gasteiger partial charge in [0.15, 0.2) is 5.58 Å². The summed E-state index contributed by atoms with van der Waals surface area (Å²) in [6, 6.07) is 10.2. The highest BCUT2D eigenvalue weighted by atomic mass is 19.1. The fourth-order valence-corrected chi connectivity index (χ4v) is 4.33. The first-order valence-electron chi connectivity index (χ1n) is 10.4. The van der Waals surface area contributed by atoms with Crippen LogP contribution >= 0.6 is 0 Å². The second-order valence-electron chi connectivity index (χ2n) is 7.91. The molecule has 7 nitrogen and oxygen atoms in total.